The Bertz CT molecular complexity index is 1920. The molecule has 6 rings (SSSR count). The quantitative estimate of drug-likeness (QED) is 0.186. The van der Waals surface area contributed by atoms with Crippen LogP contribution in [0.25, 0.3) is 22.3 Å². The Kier molecular flexibility index (Phi) is 10.3. The van der Waals surface area contributed by atoms with E-state index >= 15 is 0 Å². The number of methoxy groups -OCH3 is 1. The molecule has 0 unspecified atom stereocenters. The first-order chi connectivity index (χ1) is 24.0. The standard InChI is InChI=1S/C39H47N7O4/c1-23(2)25(5)37(47)45-19-8-10-33(45)36-41-29-18-15-27(21-30(29)42-36)12-11-26-13-16-28(17-14-26)31-22-40-35(43-31)32-9-7-20-46(32)38(48)34(24(3)4)44-39(49)50-6/h13-18,21-25,32-34H,7-10,19-20H2,1-6H3,(H,40,43)(H,41,42)(H,44,49)/t25-,32-,33-,34-/m0/s1. The summed E-state index contributed by atoms with van der Waals surface area (Å²) < 4.78 is 4.74. The maximum absolute atomic E-state index is 13.5. The molecule has 3 N–H and O–H groups in total. The van der Waals surface area contributed by atoms with Gasteiger partial charge >= 0.3 is 6.09 Å². The summed E-state index contributed by atoms with van der Waals surface area (Å²) >= 11 is 0. The van der Waals surface area contributed by atoms with Crippen molar-refractivity contribution in [1.29, 1.82) is 0 Å². The third kappa shape index (κ3) is 7.25. The van der Waals surface area contributed by atoms with Crippen molar-refractivity contribution in [1.82, 2.24) is 35.1 Å². The van der Waals surface area contributed by atoms with E-state index in [2.05, 4.69) is 46.0 Å². The number of benzene rings is 2. The van der Waals surface area contributed by atoms with Gasteiger partial charge in [-0.15, -0.1) is 0 Å². The second kappa shape index (κ2) is 14.8. The number of amides is 3. The number of aromatic nitrogens is 4. The van der Waals surface area contributed by atoms with Crippen molar-refractivity contribution >= 4 is 28.9 Å². The van der Waals surface area contributed by atoms with Crippen LogP contribution < -0.4 is 5.32 Å². The number of nitrogens with one attached hydrogen (secondary N) is 3. The highest BCUT2D eigenvalue weighted by molar-refractivity contribution is 5.86. The van der Waals surface area contributed by atoms with Crippen LogP contribution in [0.4, 0.5) is 4.79 Å². The van der Waals surface area contributed by atoms with Crippen molar-refractivity contribution in [2.75, 3.05) is 20.2 Å². The molecule has 4 atom stereocenters. The Labute approximate surface area is 293 Å². The first-order valence-electron chi connectivity index (χ1n) is 17.7. The number of H-pyrrole nitrogens is 2. The molecular formula is C39H47N7O4. The molecule has 11 heteroatoms. The summed E-state index contributed by atoms with van der Waals surface area (Å²) in [6.45, 7) is 11.4. The number of likely N-dealkylation sites (tertiary alicyclic amines) is 2. The monoisotopic (exact) mass is 677 g/mol. The fourth-order valence-corrected chi connectivity index (χ4v) is 6.85. The highest BCUT2D eigenvalue weighted by Gasteiger charge is 2.38. The summed E-state index contributed by atoms with van der Waals surface area (Å²) in [4.78, 5) is 58.7. The lowest BCUT2D eigenvalue weighted by molar-refractivity contribution is -0.137. The van der Waals surface area contributed by atoms with E-state index in [0.29, 0.717) is 12.5 Å². The van der Waals surface area contributed by atoms with Crippen LogP contribution in [0.1, 0.15) is 95.2 Å². The first kappa shape index (κ1) is 34.7. The second-order valence-electron chi connectivity index (χ2n) is 14.1. The van der Waals surface area contributed by atoms with Crippen LogP contribution in [0.3, 0.4) is 0 Å². The second-order valence-corrected chi connectivity index (χ2v) is 14.1. The van der Waals surface area contributed by atoms with E-state index in [-0.39, 0.29) is 35.7 Å². The predicted molar refractivity (Wildman–Crippen MR) is 192 cm³/mol. The zero-order valence-electron chi connectivity index (χ0n) is 29.7. The molecule has 262 valence electrons. The lowest BCUT2D eigenvalue weighted by Gasteiger charge is -2.30. The normalized spacial score (nSPS) is 18.7. The number of nitrogens with zero attached hydrogens (tertiary/aromatic N) is 4. The number of carbonyl (C=O) groups is 3. The zero-order valence-corrected chi connectivity index (χ0v) is 29.7. The average molecular weight is 678 g/mol. The van der Waals surface area contributed by atoms with Gasteiger partial charge in [-0.2, -0.15) is 0 Å². The first-order valence-corrected chi connectivity index (χ1v) is 17.7. The van der Waals surface area contributed by atoms with Crippen LogP contribution >= 0.6 is 0 Å². The lowest BCUT2D eigenvalue weighted by atomic mass is 9.96. The van der Waals surface area contributed by atoms with E-state index in [4.69, 9.17) is 9.72 Å². The van der Waals surface area contributed by atoms with E-state index < -0.39 is 12.1 Å². The number of rotatable bonds is 8. The number of hydrogen-bond acceptors (Lipinski definition) is 6. The minimum absolute atomic E-state index is 0.0186. The summed E-state index contributed by atoms with van der Waals surface area (Å²) in [5, 5.41) is 2.69. The molecule has 11 nitrogen and oxygen atoms in total. The lowest BCUT2D eigenvalue weighted by Crippen LogP contribution is -2.51. The van der Waals surface area contributed by atoms with Crippen LogP contribution in [0.5, 0.6) is 0 Å². The molecule has 2 fully saturated rings. The molecule has 0 saturated carbocycles. The van der Waals surface area contributed by atoms with E-state index in [1.807, 2.05) is 73.0 Å². The molecule has 0 aliphatic carbocycles. The number of carbonyl (C=O) groups excluding carboxylic acids is 3. The summed E-state index contributed by atoms with van der Waals surface area (Å²) in [7, 11) is 1.29. The van der Waals surface area contributed by atoms with Gasteiger partial charge in [0, 0.05) is 30.1 Å². The molecule has 0 radical (unpaired) electrons. The van der Waals surface area contributed by atoms with Gasteiger partial charge in [-0.1, -0.05) is 58.6 Å². The van der Waals surface area contributed by atoms with Crippen molar-refractivity contribution in [2.45, 2.75) is 78.4 Å². The Balaban J connectivity index is 1.12. The van der Waals surface area contributed by atoms with Gasteiger partial charge in [0.2, 0.25) is 11.8 Å². The van der Waals surface area contributed by atoms with Gasteiger partial charge in [-0.3, -0.25) is 9.59 Å². The Morgan fingerprint density at radius 1 is 0.840 bits per heavy atom. The number of imidazole rings is 2. The topological polar surface area (TPSA) is 136 Å². The summed E-state index contributed by atoms with van der Waals surface area (Å²) in [6, 6.07) is 13.1. The number of fused-ring (bicyclic) bond motifs is 1. The largest absolute Gasteiger partial charge is 0.453 e. The summed E-state index contributed by atoms with van der Waals surface area (Å²) in [5.41, 5.74) is 5.35. The van der Waals surface area contributed by atoms with Crippen LogP contribution in [-0.2, 0) is 14.3 Å². The molecule has 50 heavy (non-hydrogen) atoms. The van der Waals surface area contributed by atoms with Crippen molar-refractivity contribution in [3.05, 3.63) is 71.4 Å². The molecular weight excluding hydrogens is 630 g/mol. The predicted octanol–water partition coefficient (Wildman–Crippen LogP) is 6.35. The Morgan fingerprint density at radius 2 is 1.48 bits per heavy atom. The van der Waals surface area contributed by atoms with E-state index in [1.54, 1.807) is 6.20 Å². The Morgan fingerprint density at radius 3 is 2.14 bits per heavy atom. The van der Waals surface area contributed by atoms with Crippen molar-refractivity contribution in [2.24, 2.45) is 17.8 Å². The molecule has 0 bridgehead atoms. The molecule has 4 heterocycles. The molecule has 0 spiro atoms. The van der Waals surface area contributed by atoms with Gasteiger partial charge in [0.25, 0.3) is 0 Å². The number of ether oxygens (including phenoxy) is 1. The SMILES string of the molecule is COC(=O)N[C@H](C(=O)N1CCC[C@H]1c1ncc(-c2ccc(C#Cc3ccc4nc([C@@H]5CCCN5C(=O)[C@@H](C)C(C)C)[nH]c4c3)cc2)[nH]1)C(C)C. The van der Waals surface area contributed by atoms with Crippen LogP contribution in [0, 0.1) is 29.6 Å². The summed E-state index contributed by atoms with van der Waals surface area (Å²) in [5.74, 6) is 8.37. The van der Waals surface area contributed by atoms with Gasteiger partial charge in [-0.05, 0) is 73.4 Å². The van der Waals surface area contributed by atoms with Crippen LogP contribution in [0.15, 0.2) is 48.7 Å². The fourth-order valence-electron chi connectivity index (χ4n) is 6.85. The minimum Gasteiger partial charge on any atom is -0.453 e. The smallest absolute Gasteiger partial charge is 0.407 e. The third-order valence-electron chi connectivity index (χ3n) is 10.1. The minimum atomic E-state index is -0.678. The zero-order chi connectivity index (χ0) is 35.5. The highest BCUT2D eigenvalue weighted by Crippen LogP contribution is 2.34. The maximum atomic E-state index is 13.5. The summed E-state index contributed by atoms with van der Waals surface area (Å²) in [6.07, 6.45) is 4.71. The van der Waals surface area contributed by atoms with Gasteiger partial charge < -0.3 is 29.8 Å². The molecule has 4 aromatic rings. The third-order valence-corrected chi connectivity index (χ3v) is 10.1. The van der Waals surface area contributed by atoms with Gasteiger partial charge in [0.05, 0.1) is 42.1 Å². The molecule has 3 amide bonds. The van der Waals surface area contributed by atoms with E-state index in [9.17, 15) is 14.4 Å². The van der Waals surface area contributed by atoms with Gasteiger partial charge in [0.15, 0.2) is 0 Å². The van der Waals surface area contributed by atoms with Crippen LogP contribution in [0.2, 0.25) is 0 Å². The van der Waals surface area contributed by atoms with E-state index in [0.717, 1.165) is 77.3 Å². The number of hydrogen-bond donors (Lipinski definition) is 3. The molecule has 2 saturated heterocycles. The fraction of sp³-hybridized carbons (Fsp3) is 0.462. The Hall–Kier alpha value is -5.11. The van der Waals surface area contributed by atoms with Crippen molar-refractivity contribution < 1.29 is 19.1 Å². The van der Waals surface area contributed by atoms with Crippen LogP contribution in [-0.4, -0.2) is 73.9 Å². The molecule has 2 aromatic heterocycles. The maximum Gasteiger partial charge on any atom is 0.407 e. The van der Waals surface area contributed by atoms with E-state index in [1.165, 1.54) is 7.11 Å². The molecule has 2 aliphatic rings. The average Bonchev–Trinajstić information content (AvgIpc) is 3.94. The highest BCUT2D eigenvalue weighted by atomic mass is 16.5. The van der Waals surface area contributed by atoms with Gasteiger partial charge in [-0.25, -0.2) is 14.8 Å². The molecule has 2 aliphatic heterocycles. The number of aromatic amines is 2. The van der Waals surface area contributed by atoms with Gasteiger partial charge in [0.1, 0.15) is 17.7 Å². The van der Waals surface area contributed by atoms with Crippen molar-refractivity contribution in [3.8, 4) is 23.1 Å². The number of alkyl carbamates (subject to hydrolysis) is 1. The van der Waals surface area contributed by atoms with Crippen molar-refractivity contribution in [3.63, 3.8) is 0 Å². The molecule has 2 aromatic carbocycles.